The van der Waals surface area contributed by atoms with E-state index >= 15 is 0 Å². The summed E-state index contributed by atoms with van der Waals surface area (Å²) in [6.45, 7) is 15.4. The van der Waals surface area contributed by atoms with Gasteiger partial charge in [-0.3, -0.25) is 0 Å². The van der Waals surface area contributed by atoms with Gasteiger partial charge in [0.05, 0.1) is 29.3 Å². The summed E-state index contributed by atoms with van der Waals surface area (Å²) in [6, 6.07) is 16.1. The molecule has 0 N–H and O–H groups in total. The Bertz CT molecular complexity index is 1310. The van der Waals surface area contributed by atoms with Gasteiger partial charge in [-0.25, -0.2) is 23.0 Å². The van der Waals surface area contributed by atoms with Gasteiger partial charge in [-0.05, 0) is 36.4 Å². The third kappa shape index (κ3) is 3.38. The van der Waals surface area contributed by atoms with Gasteiger partial charge in [0, 0.05) is 23.2 Å². The average Bonchev–Trinajstić information content (AvgIpc) is 3.45. The molecule has 0 radical (unpaired) electrons. The first-order chi connectivity index (χ1) is 15.2. The van der Waals surface area contributed by atoms with Gasteiger partial charge >= 0.3 is 0 Å². The van der Waals surface area contributed by atoms with E-state index in [-0.39, 0.29) is 5.69 Å². The molecule has 0 fully saturated rings. The molecule has 5 nitrogen and oxygen atoms in total. The number of halogens is 2. The first-order valence-electron chi connectivity index (χ1n) is 10.2. The minimum Gasteiger partial charge on any atom is -0.241 e. The Morgan fingerprint density at radius 2 is 1.34 bits per heavy atom. The molecule has 0 aliphatic carbocycles. The van der Waals surface area contributed by atoms with E-state index in [0.717, 1.165) is 23.1 Å². The number of hydrogen-bond acceptors (Lipinski definition) is 2. The van der Waals surface area contributed by atoms with Crippen LogP contribution in [0.2, 0.25) is 0 Å². The first-order valence-corrected chi connectivity index (χ1v) is 10.2. The molecule has 7 heteroatoms. The summed E-state index contributed by atoms with van der Waals surface area (Å²) in [4.78, 5) is 2.97. The molecular formula is C25H23F2N5. The number of rotatable bonds is 5. The van der Waals surface area contributed by atoms with Crippen LogP contribution < -0.4 is 0 Å². The van der Waals surface area contributed by atoms with E-state index in [1.54, 1.807) is 6.20 Å². The summed E-state index contributed by atoms with van der Waals surface area (Å²) in [6.07, 6.45) is 3.56. The van der Waals surface area contributed by atoms with Crippen molar-refractivity contribution < 1.29 is 8.78 Å². The van der Waals surface area contributed by atoms with Crippen LogP contribution in [-0.2, 0) is 10.8 Å². The van der Waals surface area contributed by atoms with Crippen LogP contribution in [0.15, 0.2) is 67.0 Å². The van der Waals surface area contributed by atoms with Crippen molar-refractivity contribution in [1.82, 2.24) is 19.6 Å². The monoisotopic (exact) mass is 431 g/mol. The zero-order valence-corrected chi connectivity index (χ0v) is 18.3. The lowest BCUT2D eigenvalue weighted by atomic mass is 9.64. The zero-order valence-electron chi connectivity index (χ0n) is 18.3. The van der Waals surface area contributed by atoms with Crippen molar-refractivity contribution in [2.45, 2.75) is 38.5 Å². The topological polar surface area (TPSA) is 40.0 Å². The number of aromatic nitrogens is 4. The van der Waals surface area contributed by atoms with Crippen molar-refractivity contribution >= 4 is 5.69 Å². The molecule has 2 aromatic heterocycles. The highest BCUT2D eigenvalue weighted by Crippen LogP contribution is 2.42. The van der Waals surface area contributed by atoms with Crippen LogP contribution in [0.4, 0.5) is 14.5 Å². The van der Waals surface area contributed by atoms with Gasteiger partial charge in [0.1, 0.15) is 5.82 Å². The lowest BCUT2D eigenvalue weighted by Gasteiger charge is -2.39. The maximum Gasteiger partial charge on any atom is 0.259 e. The van der Waals surface area contributed by atoms with Crippen LogP contribution in [-0.4, -0.2) is 19.6 Å². The highest BCUT2D eigenvalue weighted by atomic mass is 19.1. The maximum atomic E-state index is 14.7. The molecule has 0 amide bonds. The van der Waals surface area contributed by atoms with E-state index < -0.39 is 28.2 Å². The Balaban J connectivity index is 1.70. The molecule has 0 spiro atoms. The summed E-state index contributed by atoms with van der Waals surface area (Å²) in [5.74, 6) is -1.81. The predicted octanol–water partition coefficient (Wildman–Crippen LogP) is 6.14. The van der Waals surface area contributed by atoms with Crippen LogP contribution >= 0.6 is 0 Å². The van der Waals surface area contributed by atoms with Gasteiger partial charge in [0.2, 0.25) is 0 Å². The third-order valence-corrected chi connectivity index (χ3v) is 6.45. The number of nitrogens with zero attached hydrogens (tertiary/aromatic N) is 5. The van der Waals surface area contributed by atoms with E-state index in [2.05, 4.69) is 37.6 Å². The van der Waals surface area contributed by atoms with Crippen LogP contribution in [0.3, 0.4) is 0 Å². The molecule has 32 heavy (non-hydrogen) atoms. The van der Waals surface area contributed by atoms with E-state index in [4.69, 9.17) is 11.7 Å². The summed E-state index contributed by atoms with van der Waals surface area (Å²) < 4.78 is 31.6. The van der Waals surface area contributed by atoms with Crippen LogP contribution in [0.25, 0.3) is 16.2 Å². The Hall–Kier alpha value is -3.79. The predicted molar refractivity (Wildman–Crippen MR) is 119 cm³/mol. The molecule has 0 bridgehead atoms. The fourth-order valence-corrected chi connectivity index (χ4v) is 3.62. The molecule has 0 unspecified atom stereocenters. The highest BCUT2D eigenvalue weighted by molar-refractivity contribution is 5.55. The van der Waals surface area contributed by atoms with Gasteiger partial charge < -0.3 is 0 Å². The van der Waals surface area contributed by atoms with Crippen LogP contribution in [0, 0.1) is 18.2 Å². The Morgan fingerprint density at radius 3 is 1.94 bits per heavy atom. The molecule has 2 heterocycles. The Kier molecular flexibility index (Phi) is 5.17. The second-order valence-electron chi connectivity index (χ2n) is 8.72. The second-order valence-corrected chi connectivity index (χ2v) is 8.72. The molecule has 2 aromatic carbocycles. The van der Waals surface area contributed by atoms with Gasteiger partial charge in [0.15, 0.2) is 5.82 Å². The van der Waals surface area contributed by atoms with Crippen LogP contribution in [0.1, 0.15) is 39.1 Å². The molecular weight excluding hydrogens is 408 g/mol. The van der Waals surface area contributed by atoms with Crippen molar-refractivity contribution in [3.63, 3.8) is 0 Å². The first kappa shape index (κ1) is 21.4. The molecule has 0 aliphatic heterocycles. The lowest BCUT2D eigenvalue weighted by molar-refractivity contribution is 0.286. The molecule has 4 rings (SSSR count). The molecule has 162 valence electrons. The fourth-order valence-electron chi connectivity index (χ4n) is 3.62. The van der Waals surface area contributed by atoms with Crippen molar-refractivity contribution in [1.29, 1.82) is 0 Å². The average molecular weight is 431 g/mol. The quantitative estimate of drug-likeness (QED) is 0.356. The Labute approximate surface area is 185 Å². The van der Waals surface area contributed by atoms with E-state index in [0.29, 0.717) is 0 Å². The maximum absolute atomic E-state index is 14.7. The number of para-hydroxylation sites is 1. The summed E-state index contributed by atoms with van der Waals surface area (Å²) in [7, 11) is 0. The largest absolute Gasteiger partial charge is 0.259 e. The summed E-state index contributed by atoms with van der Waals surface area (Å²) >= 11 is 0. The third-order valence-electron chi connectivity index (χ3n) is 6.45. The molecule has 0 saturated heterocycles. The van der Waals surface area contributed by atoms with E-state index in [1.807, 2.05) is 53.3 Å². The van der Waals surface area contributed by atoms with Crippen molar-refractivity contribution in [2.75, 3.05) is 0 Å². The van der Waals surface area contributed by atoms with Crippen molar-refractivity contribution in [3.05, 3.63) is 101 Å². The SMILES string of the molecule is [C-]#[N+]c1c(F)ccc(-n2ccc(C(C)(C)C(C)(C)c3ccn(-c4ccccc4)n3)n2)c1F. The molecule has 4 aromatic rings. The van der Waals surface area contributed by atoms with E-state index in [1.165, 1.54) is 10.7 Å². The second kappa shape index (κ2) is 7.72. The fraction of sp³-hybridized carbons (Fsp3) is 0.240. The highest BCUT2D eigenvalue weighted by Gasteiger charge is 2.43. The van der Waals surface area contributed by atoms with Gasteiger partial charge in [-0.1, -0.05) is 45.9 Å². The summed E-state index contributed by atoms with van der Waals surface area (Å²) in [5, 5.41) is 9.39. The molecule has 0 aliphatic rings. The number of hydrogen-bond donors (Lipinski definition) is 0. The van der Waals surface area contributed by atoms with Crippen molar-refractivity contribution in [3.8, 4) is 11.4 Å². The molecule has 0 saturated carbocycles. The molecule has 0 atom stereocenters. The standard InChI is InChI=1S/C25H23F2N5/c1-24(2,20-13-15-31(29-20)17-9-7-6-8-10-17)25(3,4)21-14-16-32(30-21)19-12-11-18(26)23(28-5)22(19)27/h6-16H,1-4H3. The van der Waals surface area contributed by atoms with Gasteiger partial charge in [0.25, 0.3) is 5.69 Å². The van der Waals surface area contributed by atoms with Crippen LogP contribution in [0.5, 0.6) is 0 Å². The minimum atomic E-state index is -0.923. The lowest BCUT2D eigenvalue weighted by Crippen LogP contribution is -2.41. The smallest absolute Gasteiger partial charge is 0.241 e. The number of benzene rings is 2. The van der Waals surface area contributed by atoms with Gasteiger partial charge in [-0.15, -0.1) is 0 Å². The van der Waals surface area contributed by atoms with Gasteiger partial charge in [-0.2, -0.15) is 10.2 Å². The summed E-state index contributed by atoms with van der Waals surface area (Å²) in [5.41, 5.74) is 1.09. The van der Waals surface area contributed by atoms with E-state index in [9.17, 15) is 8.78 Å². The zero-order chi connectivity index (χ0) is 23.1. The van der Waals surface area contributed by atoms with Crippen molar-refractivity contribution in [2.24, 2.45) is 0 Å². The Morgan fingerprint density at radius 1 is 0.781 bits per heavy atom. The minimum absolute atomic E-state index is 0.0330. The normalized spacial score (nSPS) is 12.0.